The summed E-state index contributed by atoms with van der Waals surface area (Å²) in [5.41, 5.74) is 3.02. The minimum absolute atomic E-state index is 0.772. The van der Waals surface area contributed by atoms with Gasteiger partial charge in [0.15, 0.2) is 10.8 Å². The second-order valence-electron chi connectivity index (χ2n) is 3.84. The predicted octanol–water partition coefficient (Wildman–Crippen LogP) is 4.01. The van der Waals surface area contributed by atoms with Crippen LogP contribution >= 0.6 is 27.7 Å². The number of aromatic amines is 1. The molecule has 0 aliphatic rings. The number of halogens is 1. The second kappa shape index (κ2) is 5.12. The summed E-state index contributed by atoms with van der Waals surface area (Å²) in [7, 11) is 0. The molecule has 0 radical (unpaired) electrons. The van der Waals surface area contributed by atoms with E-state index in [2.05, 4.69) is 43.0 Å². The number of imidazole rings is 1. The third-order valence-corrected chi connectivity index (χ3v) is 3.94. The number of nitrogens with one attached hydrogen (secondary N) is 1. The van der Waals surface area contributed by atoms with Gasteiger partial charge in [0.05, 0.1) is 5.52 Å². The van der Waals surface area contributed by atoms with Crippen LogP contribution in [0.2, 0.25) is 0 Å². The number of rotatable bonds is 3. The Hall–Kier alpha value is -1.33. The molecule has 5 heteroatoms. The molecule has 0 amide bonds. The fraction of sp³-hybridized carbons (Fsp3) is 0.0769. The highest BCUT2D eigenvalue weighted by atomic mass is 79.9. The molecule has 0 saturated carbocycles. The molecule has 1 N–H and O–H groups in total. The molecule has 3 aromatic rings. The number of fused-ring (bicyclic) bond motifs is 1. The number of thioether (sulfide) groups is 1. The number of hydrogen-bond donors (Lipinski definition) is 1. The fourth-order valence-electron chi connectivity index (χ4n) is 1.67. The molecule has 0 unspecified atom stereocenters. The van der Waals surface area contributed by atoms with Crippen LogP contribution in [0.25, 0.3) is 11.2 Å². The SMILES string of the molecule is Brc1cccc(CSc2nc3ncccc3[nH]2)c1. The van der Waals surface area contributed by atoms with Gasteiger partial charge in [-0.1, -0.05) is 39.8 Å². The topological polar surface area (TPSA) is 41.6 Å². The average molecular weight is 320 g/mol. The molecule has 3 rings (SSSR count). The number of nitrogens with zero attached hydrogens (tertiary/aromatic N) is 2. The van der Waals surface area contributed by atoms with Crippen molar-refractivity contribution in [3.63, 3.8) is 0 Å². The van der Waals surface area contributed by atoms with E-state index in [1.54, 1.807) is 18.0 Å². The highest BCUT2D eigenvalue weighted by Gasteiger charge is 2.04. The van der Waals surface area contributed by atoms with E-state index in [0.717, 1.165) is 26.5 Å². The van der Waals surface area contributed by atoms with E-state index in [1.165, 1.54) is 5.56 Å². The standard InChI is InChI=1S/C13H10BrN3S/c14-10-4-1-3-9(7-10)8-18-13-16-11-5-2-6-15-12(11)17-13/h1-7H,8H2,(H,15,16,17). The van der Waals surface area contributed by atoms with Gasteiger partial charge in [0.2, 0.25) is 0 Å². The Morgan fingerprint density at radius 1 is 1.22 bits per heavy atom. The zero-order valence-electron chi connectivity index (χ0n) is 9.43. The smallest absolute Gasteiger partial charge is 0.178 e. The summed E-state index contributed by atoms with van der Waals surface area (Å²) in [6, 6.07) is 12.2. The molecule has 2 heterocycles. The van der Waals surface area contributed by atoms with Crippen molar-refractivity contribution < 1.29 is 0 Å². The van der Waals surface area contributed by atoms with E-state index >= 15 is 0 Å². The number of pyridine rings is 1. The van der Waals surface area contributed by atoms with Gasteiger partial charge in [-0.05, 0) is 29.8 Å². The van der Waals surface area contributed by atoms with Crippen LogP contribution in [-0.4, -0.2) is 15.0 Å². The number of hydrogen-bond acceptors (Lipinski definition) is 3. The van der Waals surface area contributed by atoms with E-state index in [1.807, 2.05) is 24.3 Å². The summed E-state index contributed by atoms with van der Waals surface area (Å²) in [5.74, 6) is 0.888. The van der Waals surface area contributed by atoms with Crippen molar-refractivity contribution in [2.45, 2.75) is 10.9 Å². The van der Waals surface area contributed by atoms with E-state index in [9.17, 15) is 0 Å². The maximum absolute atomic E-state index is 4.43. The van der Waals surface area contributed by atoms with Gasteiger partial charge in [0, 0.05) is 16.4 Å². The van der Waals surface area contributed by atoms with Gasteiger partial charge in [-0.2, -0.15) is 0 Å². The van der Waals surface area contributed by atoms with E-state index in [4.69, 9.17) is 0 Å². The fourth-order valence-corrected chi connectivity index (χ4v) is 2.93. The molecule has 1 aromatic carbocycles. The highest BCUT2D eigenvalue weighted by Crippen LogP contribution is 2.23. The highest BCUT2D eigenvalue weighted by molar-refractivity contribution is 9.10. The van der Waals surface area contributed by atoms with Crippen molar-refractivity contribution in [3.8, 4) is 0 Å². The van der Waals surface area contributed by atoms with Crippen LogP contribution < -0.4 is 0 Å². The molecule has 0 fully saturated rings. The molecular weight excluding hydrogens is 310 g/mol. The van der Waals surface area contributed by atoms with Crippen LogP contribution in [0.3, 0.4) is 0 Å². The second-order valence-corrected chi connectivity index (χ2v) is 5.71. The number of benzene rings is 1. The van der Waals surface area contributed by atoms with Gasteiger partial charge in [-0.25, -0.2) is 9.97 Å². The third-order valence-electron chi connectivity index (χ3n) is 2.50. The Morgan fingerprint density at radius 3 is 3.00 bits per heavy atom. The molecule has 0 saturated heterocycles. The van der Waals surface area contributed by atoms with Crippen LogP contribution in [-0.2, 0) is 5.75 Å². The normalized spacial score (nSPS) is 10.9. The number of aromatic nitrogens is 3. The van der Waals surface area contributed by atoms with Crippen LogP contribution in [0.4, 0.5) is 0 Å². The molecule has 0 aliphatic carbocycles. The first-order valence-corrected chi connectivity index (χ1v) is 7.27. The Labute approximate surface area is 117 Å². The Bertz CT molecular complexity index is 648. The lowest BCUT2D eigenvalue weighted by atomic mass is 10.2. The van der Waals surface area contributed by atoms with Crippen molar-refractivity contribution in [3.05, 3.63) is 52.6 Å². The zero-order valence-corrected chi connectivity index (χ0v) is 11.8. The maximum Gasteiger partial charge on any atom is 0.178 e. The molecule has 90 valence electrons. The zero-order chi connectivity index (χ0) is 12.4. The quantitative estimate of drug-likeness (QED) is 0.741. The molecule has 0 atom stereocenters. The molecule has 3 nitrogen and oxygen atoms in total. The summed E-state index contributed by atoms with van der Waals surface area (Å²) in [6.45, 7) is 0. The maximum atomic E-state index is 4.43. The minimum Gasteiger partial charge on any atom is -0.332 e. The lowest BCUT2D eigenvalue weighted by Crippen LogP contribution is -1.81. The summed E-state index contributed by atoms with van der Waals surface area (Å²) in [6.07, 6.45) is 1.76. The summed E-state index contributed by atoms with van der Waals surface area (Å²) >= 11 is 5.15. The first-order valence-electron chi connectivity index (χ1n) is 5.49. The van der Waals surface area contributed by atoms with Crippen molar-refractivity contribution in [1.82, 2.24) is 15.0 Å². The summed E-state index contributed by atoms with van der Waals surface area (Å²) in [5, 5.41) is 0.906. The van der Waals surface area contributed by atoms with E-state index in [0.29, 0.717) is 0 Å². The summed E-state index contributed by atoms with van der Waals surface area (Å²) in [4.78, 5) is 11.9. The molecular formula is C13H10BrN3S. The van der Waals surface area contributed by atoms with Gasteiger partial charge in [-0.3, -0.25) is 0 Å². The summed E-state index contributed by atoms with van der Waals surface area (Å²) < 4.78 is 1.10. The third kappa shape index (κ3) is 2.57. The molecule has 0 aliphatic heterocycles. The van der Waals surface area contributed by atoms with Crippen LogP contribution in [0.1, 0.15) is 5.56 Å². The van der Waals surface area contributed by atoms with E-state index in [-0.39, 0.29) is 0 Å². The van der Waals surface area contributed by atoms with Gasteiger partial charge >= 0.3 is 0 Å². The Balaban J connectivity index is 1.76. The largest absolute Gasteiger partial charge is 0.332 e. The Kier molecular flexibility index (Phi) is 3.34. The number of H-pyrrole nitrogens is 1. The molecule has 2 aromatic heterocycles. The Morgan fingerprint density at radius 2 is 2.17 bits per heavy atom. The van der Waals surface area contributed by atoms with Gasteiger partial charge in [0.25, 0.3) is 0 Å². The van der Waals surface area contributed by atoms with Crippen molar-refractivity contribution >= 4 is 38.9 Å². The molecule has 18 heavy (non-hydrogen) atoms. The van der Waals surface area contributed by atoms with Gasteiger partial charge in [0.1, 0.15) is 0 Å². The first-order chi connectivity index (χ1) is 8.81. The predicted molar refractivity (Wildman–Crippen MR) is 77.6 cm³/mol. The monoisotopic (exact) mass is 319 g/mol. The van der Waals surface area contributed by atoms with Crippen LogP contribution in [0.5, 0.6) is 0 Å². The van der Waals surface area contributed by atoms with Crippen molar-refractivity contribution in [1.29, 1.82) is 0 Å². The lowest BCUT2D eigenvalue weighted by molar-refractivity contribution is 1.07. The lowest BCUT2D eigenvalue weighted by Gasteiger charge is -1.99. The van der Waals surface area contributed by atoms with E-state index < -0.39 is 0 Å². The van der Waals surface area contributed by atoms with Crippen LogP contribution in [0.15, 0.2) is 52.2 Å². The minimum atomic E-state index is 0.772. The van der Waals surface area contributed by atoms with Gasteiger partial charge < -0.3 is 4.98 Å². The van der Waals surface area contributed by atoms with Crippen molar-refractivity contribution in [2.75, 3.05) is 0 Å². The van der Waals surface area contributed by atoms with Gasteiger partial charge in [-0.15, -0.1) is 0 Å². The van der Waals surface area contributed by atoms with Crippen molar-refractivity contribution in [2.24, 2.45) is 0 Å². The average Bonchev–Trinajstić information content (AvgIpc) is 2.79. The molecule has 0 spiro atoms. The van der Waals surface area contributed by atoms with Crippen LogP contribution in [0, 0.1) is 0 Å². The first kappa shape index (κ1) is 11.7. The molecule has 0 bridgehead atoms.